The lowest BCUT2D eigenvalue weighted by Crippen LogP contribution is -2.17. The van der Waals surface area contributed by atoms with Crippen molar-refractivity contribution >= 4 is 5.97 Å². The maximum atomic E-state index is 12.4. The molecule has 0 aliphatic rings. The summed E-state index contributed by atoms with van der Waals surface area (Å²) in [6.45, 7) is 5.62. The van der Waals surface area contributed by atoms with Crippen LogP contribution < -0.4 is 0 Å². The average Bonchev–Trinajstić information content (AvgIpc) is 2.47. The van der Waals surface area contributed by atoms with Crippen LogP contribution in [0.5, 0.6) is 11.5 Å². The van der Waals surface area contributed by atoms with E-state index in [-0.39, 0.29) is 17.5 Å². The summed E-state index contributed by atoms with van der Waals surface area (Å²) in [7, 11) is 0. The fraction of sp³-hybridized carbons (Fsp3) is 0.278. The molecule has 2 aromatic carbocycles. The molecule has 0 aromatic heterocycles. The van der Waals surface area contributed by atoms with Crippen LogP contribution >= 0.6 is 0 Å². The van der Waals surface area contributed by atoms with Crippen molar-refractivity contribution in [1.29, 1.82) is 0 Å². The van der Waals surface area contributed by atoms with Crippen LogP contribution in [0.1, 0.15) is 35.1 Å². The molecule has 2 aromatic rings. The van der Waals surface area contributed by atoms with Crippen LogP contribution in [0.2, 0.25) is 0 Å². The highest BCUT2D eigenvalue weighted by Crippen LogP contribution is 2.31. The minimum Gasteiger partial charge on any atom is -0.508 e. The van der Waals surface area contributed by atoms with E-state index in [1.807, 2.05) is 0 Å². The van der Waals surface area contributed by atoms with Crippen LogP contribution in [0.4, 0.5) is 0 Å². The van der Waals surface area contributed by atoms with Crippen molar-refractivity contribution in [3.63, 3.8) is 0 Å². The van der Waals surface area contributed by atoms with Crippen LogP contribution in [0.25, 0.3) is 0 Å². The lowest BCUT2D eigenvalue weighted by atomic mass is 9.89. The minimum absolute atomic E-state index is 0.188. The van der Waals surface area contributed by atoms with Crippen LogP contribution in [-0.4, -0.2) is 22.8 Å². The Bertz CT molecular complexity index is 640. The largest absolute Gasteiger partial charge is 0.508 e. The van der Waals surface area contributed by atoms with Gasteiger partial charge in [-0.15, -0.1) is 0 Å². The molecule has 0 unspecified atom stereocenters. The first-order valence-corrected chi connectivity index (χ1v) is 7.19. The topological polar surface area (TPSA) is 66.8 Å². The molecule has 0 aliphatic heterocycles. The summed E-state index contributed by atoms with van der Waals surface area (Å²) in [5.41, 5.74) is 2.89. The van der Waals surface area contributed by atoms with E-state index in [9.17, 15) is 15.0 Å². The van der Waals surface area contributed by atoms with Crippen molar-refractivity contribution in [2.75, 3.05) is 6.61 Å². The Morgan fingerprint density at radius 1 is 1.00 bits per heavy atom. The van der Waals surface area contributed by atoms with Gasteiger partial charge in [0.15, 0.2) is 0 Å². The number of hydrogen-bond donors (Lipinski definition) is 2. The van der Waals surface area contributed by atoms with Gasteiger partial charge in [0.1, 0.15) is 17.4 Å². The summed E-state index contributed by atoms with van der Waals surface area (Å²) in [5, 5.41) is 19.3. The quantitative estimate of drug-likeness (QED) is 0.849. The van der Waals surface area contributed by atoms with Crippen molar-refractivity contribution < 1.29 is 19.7 Å². The minimum atomic E-state index is -0.585. The van der Waals surface area contributed by atoms with Gasteiger partial charge in [0.2, 0.25) is 0 Å². The predicted molar refractivity (Wildman–Crippen MR) is 84.2 cm³/mol. The standard InChI is InChI=1S/C18H20O4/c1-4-22-18(21)17(13-5-7-15(19)11(2)9-13)14-6-8-16(20)12(3)10-14/h5-10,17,19-20H,4H2,1-3H3. The lowest BCUT2D eigenvalue weighted by molar-refractivity contribution is -0.143. The van der Waals surface area contributed by atoms with Crippen molar-refractivity contribution in [1.82, 2.24) is 0 Å². The summed E-state index contributed by atoms with van der Waals surface area (Å²) in [4.78, 5) is 12.4. The van der Waals surface area contributed by atoms with Crippen LogP contribution in [0.3, 0.4) is 0 Å². The predicted octanol–water partition coefficient (Wildman–Crippen LogP) is 3.41. The first-order chi connectivity index (χ1) is 10.4. The molecule has 4 heteroatoms. The monoisotopic (exact) mass is 300 g/mol. The van der Waals surface area contributed by atoms with Gasteiger partial charge in [-0.2, -0.15) is 0 Å². The molecule has 0 spiro atoms. The number of aromatic hydroxyl groups is 2. The van der Waals surface area contributed by atoms with E-state index < -0.39 is 5.92 Å². The molecule has 0 heterocycles. The van der Waals surface area contributed by atoms with Gasteiger partial charge in [-0.25, -0.2) is 0 Å². The van der Waals surface area contributed by atoms with Gasteiger partial charge in [0.05, 0.1) is 6.61 Å². The highest BCUT2D eigenvalue weighted by Gasteiger charge is 2.25. The van der Waals surface area contributed by atoms with E-state index in [2.05, 4.69) is 0 Å². The molecule has 0 bridgehead atoms. The second kappa shape index (κ2) is 6.52. The van der Waals surface area contributed by atoms with Crippen LogP contribution in [0.15, 0.2) is 36.4 Å². The van der Waals surface area contributed by atoms with E-state index >= 15 is 0 Å². The third-order valence-corrected chi connectivity index (χ3v) is 3.63. The fourth-order valence-corrected chi connectivity index (χ4v) is 2.41. The van der Waals surface area contributed by atoms with Crippen LogP contribution in [-0.2, 0) is 9.53 Å². The third-order valence-electron chi connectivity index (χ3n) is 3.63. The molecule has 2 rings (SSSR count). The molecular formula is C18H20O4. The van der Waals surface area contributed by atoms with Crippen molar-refractivity contribution in [2.45, 2.75) is 26.7 Å². The first kappa shape index (κ1) is 15.9. The third kappa shape index (κ3) is 3.22. The molecule has 0 amide bonds. The van der Waals surface area contributed by atoms with E-state index in [4.69, 9.17) is 4.74 Å². The van der Waals surface area contributed by atoms with E-state index in [1.54, 1.807) is 57.2 Å². The van der Waals surface area contributed by atoms with Crippen LogP contribution in [0, 0.1) is 13.8 Å². The second-order valence-corrected chi connectivity index (χ2v) is 5.28. The molecular weight excluding hydrogens is 280 g/mol. The number of benzene rings is 2. The number of carbonyl (C=O) groups excluding carboxylic acids is 1. The number of aryl methyl sites for hydroxylation is 2. The Morgan fingerprint density at radius 2 is 1.45 bits per heavy atom. The molecule has 0 fully saturated rings. The molecule has 116 valence electrons. The Labute approximate surface area is 130 Å². The second-order valence-electron chi connectivity index (χ2n) is 5.28. The number of phenols is 2. The van der Waals surface area contributed by atoms with Crippen molar-refractivity contribution in [2.24, 2.45) is 0 Å². The molecule has 0 aliphatic carbocycles. The van der Waals surface area contributed by atoms with Crippen molar-refractivity contribution in [3.8, 4) is 11.5 Å². The maximum absolute atomic E-state index is 12.4. The Kier molecular flexibility index (Phi) is 4.71. The molecule has 0 radical (unpaired) electrons. The molecule has 4 nitrogen and oxygen atoms in total. The Balaban J connectivity index is 2.52. The summed E-state index contributed by atoms with van der Waals surface area (Å²) < 4.78 is 5.19. The van der Waals surface area contributed by atoms with Gasteiger partial charge in [-0.1, -0.05) is 24.3 Å². The van der Waals surface area contributed by atoms with E-state index in [0.717, 1.165) is 11.1 Å². The molecule has 2 N–H and O–H groups in total. The summed E-state index contributed by atoms with van der Waals surface area (Å²) in [6.07, 6.45) is 0. The molecule has 0 saturated heterocycles. The number of phenolic OH excluding ortho intramolecular Hbond substituents is 2. The Morgan fingerprint density at radius 3 is 1.82 bits per heavy atom. The lowest BCUT2D eigenvalue weighted by Gasteiger charge is -2.18. The number of carbonyl (C=O) groups is 1. The summed E-state index contributed by atoms with van der Waals surface area (Å²) in [6, 6.07) is 10.1. The highest BCUT2D eigenvalue weighted by atomic mass is 16.5. The zero-order chi connectivity index (χ0) is 16.3. The fourth-order valence-electron chi connectivity index (χ4n) is 2.41. The van der Waals surface area contributed by atoms with E-state index in [1.165, 1.54) is 0 Å². The van der Waals surface area contributed by atoms with Crippen molar-refractivity contribution in [3.05, 3.63) is 58.7 Å². The van der Waals surface area contributed by atoms with Gasteiger partial charge in [-0.3, -0.25) is 4.79 Å². The van der Waals surface area contributed by atoms with Gasteiger partial charge in [0, 0.05) is 0 Å². The average molecular weight is 300 g/mol. The number of ether oxygens (including phenoxy) is 1. The zero-order valence-electron chi connectivity index (χ0n) is 13.0. The smallest absolute Gasteiger partial charge is 0.317 e. The summed E-state index contributed by atoms with van der Waals surface area (Å²) >= 11 is 0. The summed E-state index contributed by atoms with van der Waals surface area (Å²) in [5.74, 6) is -0.558. The maximum Gasteiger partial charge on any atom is 0.317 e. The number of hydrogen-bond acceptors (Lipinski definition) is 4. The van der Waals surface area contributed by atoms with Gasteiger partial charge >= 0.3 is 5.97 Å². The first-order valence-electron chi connectivity index (χ1n) is 7.19. The van der Waals surface area contributed by atoms with E-state index in [0.29, 0.717) is 17.7 Å². The number of rotatable bonds is 4. The van der Waals surface area contributed by atoms with Gasteiger partial charge < -0.3 is 14.9 Å². The SMILES string of the molecule is CCOC(=O)C(c1ccc(O)c(C)c1)c1ccc(O)c(C)c1. The molecule has 22 heavy (non-hydrogen) atoms. The molecule has 0 atom stereocenters. The van der Waals surface area contributed by atoms with Gasteiger partial charge in [-0.05, 0) is 55.2 Å². The highest BCUT2D eigenvalue weighted by molar-refractivity contribution is 5.82. The van der Waals surface area contributed by atoms with Gasteiger partial charge in [0.25, 0.3) is 0 Å². The number of esters is 1. The zero-order valence-corrected chi connectivity index (χ0v) is 13.0. The normalized spacial score (nSPS) is 10.7. The Hall–Kier alpha value is -2.49. The molecule has 0 saturated carbocycles.